The molecule has 0 amide bonds. The van der Waals surface area contributed by atoms with Crippen LogP contribution in [0.25, 0.3) is 6.08 Å². The Morgan fingerprint density at radius 3 is 2.71 bits per heavy atom. The van der Waals surface area contributed by atoms with E-state index in [2.05, 4.69) is 45.6 Å². The van der Waals surface area contributed by atoms with E-state index in [1.165, 1.54) is 0 Å². The first kappa shape index (κ1) is 16.5. The topological polar surface area (TPSA) is 37.4 Å². The van der Waals surface area contributed by atoms with Crippen molar-refractivity contribution < 1.29 is 4.74 Å². The van der Waals surface area contributed by atoms with Crippen molar-refractivity contribution in [3.63, 3.8) is 0 Å². The predicted molar refractivity (Wildman–Crippen MR) is 99.5 cm³/mol. The molecule has 0 bridgehead atoms. The molecular weight excluding hydrogens is 298 g/mol. The van der Waals surface area contributed by atoms with Crippen LogP contribution in [0, 0.1) is 0 Å². The summed E-state index contributed by atoms with van der Waals surface area (Å²) in [4.78, 5) is 6.80. The minimum Gasteiger partial charge on any atom is -0.496 e. The number of para-hydroxylation sites is 1. The molecule has 0 aliphatic carbocycles. The van der Waals surface area contributed by atoms with Gasteiger partial charge in [-0.15, -0.1) is 0 Å². The first-order chi connectivity index (χ1) is 11.9. The van der Waals surface area contributed by atoms with Gasteiger partial charge in [0.15, 0.2) is 0 Å². The number of pyridine rings is 1. The number of methoxy groups -OCH3 is 1. The molecule has 1 N–H and O–H groups in total. The van der Waals surface area contributed by atoms with Crippen molar-refractivity contribution in [3.05, 3.63) is 60.3 Å². The highest BCUT2D eigenvalue weighted by Gasteiger charge is 2.18. The summed E-state index contributed by atoms with van der Waals surface area (Å²) < 4.78 is 5.36. The largest absolute Gasteiger partial charge is 0.496 e. The van der Waals surface area contributed by atoms with E-state index in [1.54, 1.807) is 7.11 Å². The van der Waals surface area contributed by atoms with Crippen LogP contribution in [0.4, 0.5) is 5.82 Å². The van der Waals surface area contributed by atoms with Crippen molar-refractivity contribution >= 4 is 11.9 Å². The Hall–Kier alpha value is -2.33. The van der Waals surface area contributed by atoms with Gasteiger partial charge in [-0.05, 0) is 31.0 Å². The molecule has 1 fully saturated rings. The van der Waals surface area contributed by atoms with E-state index in [4.69, 9.17) is 4.74 Å². The lowest BCUT2D eigenvalue weighted by atomic mass is 10.0. The number of rotatable bonds is 6. The maximum atomic E-state index is 5.36. The van der Waals surface area contributed by atoms with Crippen molar-refractivity contribution in [3.8, 4) is 5.75 Å². The number of aromatic nitrogens is 1. The van der Waals surface area contributed by atoms with Gasteiger partial charge in [-0.25, -0.2) is 4.98 Å². The highest BCUT2D eigenvalue weighted by atomic mass is 16.5. The summed E-state index contributed by atoms with van der Waals surface area (Å²) in [6, 6.07) is 14.8. The summed E-state index contributed by atoms with van der Waals surface area (Å²) in [5, 5.41) is 3.63. The Morgan fingerprint density at radius 1 is 1.17 bits per heavy atom. The van der Waals surface area contributed by atoms with Crippen molar-refractivity contribution in [1.29, 1.82) is 0 Å². The SMILES string of the molecule is COc1ccccc1/C=C/CNC1CCN(c2ccccn2)CC1. The van der Waals surface area contributed by atoms with E-state index in [0.29, 0.717) is 6.04 Å². The molecule has 0 unspecified atom stereocenters. The number of piperidine rings is 1. The number of hydrogen-bond donors (Lipinski definition) is 1. The third kappa shape index (κ3) is 4.36. The van der Waals surface area contributed by atoms with Gasteiger partial charge in [0.2, 0.25) is 0 Å². The lowest BCUT2D eigenvalue weighted by molar-refractivity contribution is 0.414. The number of benzene rings is 1. The second-order valence-electron chi connectivity index (χ2n) is 6.00. The standard InChI is InChI=1S/C20H25N3O/c1-24-19-9-3-2-7-17(19)8-6-14-21-18-11-15-23(16-12-18)20-10-4-5-13-22-20/h2-10,13,18,21H,11-12,14-16H2,1H3/b8-6+. The quantitative estimate of drug-likeness (QED) is 0.884. The number of ether oxygens (including phenoxy) is 1. The van der Waals surface area contributed by atoms with Crippen molar-refractivity contribution in [1.82, 2.24) is 10.3 Å². The molecule has 0 atom stereocenters. The Kier molecular flexibility index (Phi) is 5.85. The fraction of sp³-hybridized carbons (Fsp3) is 0.350. The molecule has 4 heteroatoms. The molecule has 1 aliphatic rings. The average Bonchev–Trinajstić information content (AvgIpc) is 2.67. The summed E-state index contributed by atoms with van der Waals surface area (Å²) in [5.74, 6) is 2.00. The van der Waals surface area contributed by atoms with Gasteiger partial charge in [0.05, 0.1) is 7.11 Å². The van der Waals surface area contributed by atoms with E-state index in [0.717, 1.165) is 49.6 Å². The fourth-order valence-corrected chi connectivity index (χ4v) is 3.08. The lowest BCUT2D eigenvalue weighted by Crippen LogP contribution is -2.42. The molecule has 2 aromatic rings. The van der Waals surface area contributed by atoms with Crippen LogP contribution < -0.4 is 15.0 Å². The molecular formula is C20H25N3O. The highest BCUT2D eigenvalue weighted by molar-refractivity contribution is 5.57. The number of hydrogen-bond acceptors (Lipinski definition) is 4. The van der Waals surface area contributed by atoms with Crippen molar-refractivity contribution in [2.45, 2.75) is 18.9 Å². The smallest absolute Gasteiger partial charge is 0.128 e. The molecule has 2 heterocycles. The minimum atomic E-state index is 0.576. The average molecular weight is 323 g/mol. The number of nitrogens with zero attached hydrogens (tertiary/aromatic N) is 2. The van der Waals surface area contributed by atoms with E-state index in [9.17, 15) is 0 Å². The zero-order chi connectivity index (χ0) is 16.6. The Balaban J connectivity index is 1.43. The second-order valence-corrected chi connectivity index (χ2v) is 6.00. The van der Waals surface area contributed by atoms with Crippen LogP contribution in [0.15, 0.2) is 54.7 Å². The Morgan fingerprint density at radius 2 is 1.96 bits per heavy atom. The number of anilines is 1. The van der Waals surface area contributed by atoms with Gasteiger partial charge < -0.3 is 15.0 Å². The van der Waals surface area contributed by atoms with Gasteiger partial charge >= 0.3 is 0 Å². The third-order valence-corrected chi connectivity index (χ3v) is 4.43. The molecule has 3 rings (SSSR count). The maximum Gasteiger partial charge on any atom is 0.128 e. The van der Waals surface area contributed by atoms with Crippen LogP contribution in [-0.2, 0) is 0 Å². The zero-order valence-corrected chi connectivity index (χ0v) is 14.2. The normalized spacial score (nSPS) is 15.8. The molecule has 24 heavy (non-hydrogen) atoms. The lowest BCUT2D eigenvalue weighted by Gasteiger charge is -2.33. The van der Waals surface area contributed by atoms with Crippen molar-refractivity contribution in [2.24, 2.45) is 0 Å². The van der Waals surface area contributed by atoms with Gasteiger partial charge in [-0.1, -0.05) is 36.4 Å². The Labute approximate surface area is 144 Å². The summed E-state index contributed by atoms with van der Waals surface area (Å²) in [5.41, 5.74) is 1.12. The zero-order valence-electron chi connectivity index (χ0n) is 14.2. The molecule has 1 aromatic heterocycles. The molecule has 0 spiro atoms. The van der Waals surface area contributed by atoms with Crippen LogP contribution in [0.2, 0.25) is 0 Å². The van der Waals surface area contributed by atoms with Crippen LogP contribution in [0.1, 0.15) is 18.4 Å². The Bertz CT molecular complexity index is 649. The molecule has 126 valence electrons. The van der Waals surface area contributed by atoms with E-state index in [1.807, 2.05) is 30.5 Å². The first-order valence-electron chi connectivity index (χ1n) is 8.56. The van der Waals surface area contributed by atoms with Gasteiger partial charge in [0.1, 0.15) is 11.6 Å². The summed E-state index contributed by atoms with van der Waals surface area (Å²) in [6.07, 6.45) is 8.46. The second kappa shape index (κ2) is 8.50. The van der Waals surface area contributed by atoms with Crippen LogP contribution in [0.3, 0.4) is 0 Å². The highest BCUT2D eigenvalue weighted by Crippen LogP contribution is 2.19. The minimum absolute atomic E-state index is 0.576. The molecule has 4 nitrogen and oxygen atoms in total. The maximum absolute atomic E-state index is 5.36. The molecule has 1 saturated heterocycles. The molecule has 0 radical (unpaired) electrons. The monoisotopic (exact) mass is 323 g/mol. The van der Waals surface area contributed by atoms with E-state index < -0.39 is 0 Å². The van der Waals surface area contributed by atoms with Gasteiger partial charge in [0.25, 0.3) is 0 Å². The van der Waals surface area contributed by atoms with Crippen LogP contribution in [-0.4, -0.2) is 37.8 Å². The first-order valence-corrected chi connectivity index (χ1v) is 8.56. The van der Waals surface area contributed by atoms with Crippen LogP contribution in [0.5, 0.6) is 5.75 Å². The van der Waals surface area contributed by atoms with Crippen LogP contribution >= 0.6 is 0 Å². The van der Waals surface area contributed by atoms with Crippen molar-refractivity contribution in [2.75, 3.05) is 31.6 Å². The summed E-state index contributed by atoms with van der Waals surface area (Å²) >= 11 is 0. The molecule has 1 aromatic carbocycles. The molecule has 1 aliphatic heterocycles. The van der Waals surface area contributed by atoms with Gasteiger partial charge in [0, 0.05) is 37.4 Å². The van der Waals surface area contributed by atoms with Gasteiger partial charge in [-0.3, -0.25) is 0 Å². The molecule has 0 saturated carbocycles. The summed E-state index contributed by atoms with van der Waals surface area (Å²) in [7, 11) is 1.71. The van der Waals surface area contributed by atoms with E-state index >= 15 is 0 Å². The van der Waals surface area contributed by atoms with E-state index in [-0.39, 0.29) is 0 Å². The van der Waals surface area contributed by atoms with Gasteiger partial charge in [-0.2, -0.15) is 0 Å². The third-order valence-electron chi connectivity index (χ3n) is 4.43. The predicted octanol–water partition coefficient (Wildman–Crippen LogP) is 3.36. The number of nitrogens with one attached hydrogen (secondary N) is 1. The fourth-order valence-electron chi connectivity index (χ4n) is 3.08. The summed E-state index contributed by atoms with van der Waals surface area (Å²) in [6.45, 7) is 3.00.